The minimum Gasteiger partial charge on any atom is -0.326 e. The molecule has 1 N–H and O–H groups in total. The smallest absolute Gasteiger partial charge is 0.227 e. The SMILES string of the molecule is CCCCC1CCC(C(=O)Nc2ccc(-c3csc(C)n3)cc2)CC1. The van der Waals surface area contributed by atoms with Crippen molar-refractivity contribution in [2.24, 2.45) is 11.8 Å². The fourth-order valence-corrected chi connectivity index (χ4v) is 4.29. The molecule has 0 atom stereocenters. The van der Waals surface area contributed by atoms with Gasteiger partial charge in [0, 0.05) is 22.5 Å². The predicted molar refractivity (Wildman–Crippen MR) is 106 cm³/mol. The van der Waals surface area contributed by atoms with Crippen molar-refractivity contribution in [1.82, 2.24) is 4.98 Å². The van der Waals surface area contributed by atoms with E-state index in [1.54, 1.807) is 11.3 Å². The minimum atomic E-state index is 0.179. The van der Waals surface area contributed by atoms with Crippen LogP contribution in [0.1, 0.15) is 56.9 Å². The third-order valence-electron chi connectivity index (χ3n) is 5.25. The highest BCUT2D eigenvalue weighted by Gasteiger charge is 2.25. The summed E-state index contributed by atoms with van der Waals surface area (Å²) in [5.74, 6) is 1.20. The van der Waals surface area contributed by atoms with Gasteiger partial charge in [-0.25, -0.2) is 4.98 Å². The second-order valence-electron chi connectivity index (χ2n) is 7.18. The van der Waals surface area contributed by atoms with Gasteiger partial charge in [0.2, 0.25) is 5.91 Å². The van der Waals surface area contributed by atoms with Crippen molar-refractivity contribution < 1.29 is 4.79 Å². The fourth-order valence-electron chi connectivity index (χ4n) is 3.67. The molecule has 0 unspecified atom stereocenters. The molecule has 1 fully saturated rings. The Balaban J connectivity index is 1.51. The first-order valence-corrected chi connectivity index (χ1v) is 10.4. The van der Waals surface area contributed by atoms with E-state index in [0.29, 0.717) is 0 Å². The normalized spacial score (nSPS) is 20.4. The van der Waals surface area contributed by atoms with E-state index < -0.39 is 0 Å². The molecule has 1 amide bonds. The number of carbonyl (C=O) groups excluding carboxylic acids is 1. The lowest BCUT2D eigenvalue weighted by Gasteiger charge is -2.27. The zero-order valence-corrected chi connectivity index (χ0v) is 16.1. The summed E-state index contributed by atoms with van der Waals surface area (Å²) in [6.07, 6.45) is 8.43. The summed E-state index contributed by atoms with van der Waals surface area (Å²) >= 11 is 1.66. The Labute approximate surface area is 154 Å². The van der Waals surface area contributed by atoms with Crippen molar-refractivity contribution >= 4 is 22.9 Å². The van der Waals surface area contributed by atoms with E-state index in [0.717, 1.165) is 40.7 Å². The van der Waals surface area contributed by atoms with Gasteiger partial charge in [-0.15, -0.1) is 11.3 Å². The maximum absolute atomic E-state index is 12.5. The molecule has 0 aliphatic heterocycles. The highest BCUT2D eigenvalue weighted by atomic mass is 32.1. The second kappa shape index (κ2) is 8.61. The Morgan fingerprint density at radius 1 is 1.20 bits per heavy atom. The van der Waals surface area contributed by atoms with Crippen LogP contribution in [-0.4, -0.2) is 10.9 Å². The molecule has 0 bridgehead atoms. The number of aromatic nitrogens is 1. The Bertz CT molecular complexity index is 684. The van der Waals surface area contributed by atoms with Crippen LogP contribution in [0.5, 0.6) is 0 Å². The number of nitrogens with zero attached hydrogens (tertiary/aromatic N) is 1. The molecule has 3 rings (SSSR count). The third kappa shape index (κ3) is 4.91. The number of rotatable bonds is 6. The standard InChI is InChI=1S/C21H28N2OS/c1-3-4-5-16-6-8-18(9-7-16)21(24)23-19-12-10-17(11-13-19)20-14-25-15(2)22-20/h10-14,16,18H,3-9H2,1-2H3,(H,23,24). The van der Waals surface area contributed by atoms with Gasteiger partial charge in [0.1, 0.15) is 0 Å². The molecule has 1 saturated carbocycles. The van der Waals surface area contributed by atoms with Crippen LogP contribution in [0.2, 0.25) is 0 Å². The average molecular weight is 357 g/mol. The molecule has 4 heteroatoms. The Kier molecular flexibility index (Phi) is 6.24. The van der Waals surface area contributed by atoms with E-state index in [1.807, 2.05) is 31.2 Å². The molecule has 1 aliphatic rings. The number of benzene rings is 1. The number of nitrogens with one attached hydrogen (secondary N) is 1. The van der Waals surface area contributed by atoms with E-state index in [2.05, 4.69) is 22.6 Å². The summed E-state index contributed by atoms with van der Waals surface area (Å²) in [5, 5.41) is 6.24. The lowest BCUT2D eigenvalue weighted by molar-refractivity contribution is -0.121. The van der Waals surface area contributed by atoms with Crippen LogP contribution in [0, 0.1) is 18.8 Å². The zero-order valence-electron chi connectivity index (χ0n) is 15.3. The van der Waals surface area contributed by atoms with Gasteiger partial charge >= 0.3 is 0 Å². The zero-order chi connectivity index (χ0) is 17.6. The Morgan fingerprint density at radius 2 is 1.92 bits per heavy atom. The summed E-state index contributed by atoms with van der Waals surface area (Å²) in [4.78, 5) is 17.0. The molecular weight excluding hydrogens is 328 g/mol. The number of anilines is 1. The summed E-state index contributed by atoms with van der Waals surface area (Å²) in [6, 6.07) is 8.03. The fraction of sp³-hybridized carbons (Fsp3) is 0.524. The van der Waals surface area contributed by atoms with E-state index in [1.165, 1.54) is 32.1 Å². The van der Waals surface area contributed by atoms with Crippen LogP contribution in [0.15, 0.2) is 29.6 Å². The van der Waals surface area contributed by atoms with Gasteiger partial charge in [-0.2, -0.15) is 0 Å². The Hall–Kier alpha value is -1.68. The van der Waals surface area contributed by atoms with Gasteiger partial charge < -0.3 is 5.32 Å². The number of hydrogen-bond acceptors (Lipinski definition) is 3. The summed E-state index contributed by atoms with van der Waals surface area (Å²) in [6.45, 7) is 4.26. The highest BCUT2D eigenvalue weighted by Crippen LogP contribution is 2.32. The molecule has 25 heavy (non-hydrogen) atoms. The predicted octanol–water partition coefficient (Wildman–Crippen LogP) is 6.05. The molecule has 0 spiro atoms. The van der Waals surface area contributed by atoms with Crippen LogP contribution < -0.4 is 5.32 Å². The molecule has 1 aliphatic carbocycles. The topological polar surface area (TPSA) is 42.0 Å². The number of carbonyl (C=O) groups is 1. The van der Waals surface area contributed by atoms with Crippen molar-refractivity contribution in [2.75, 3.05) is 5.32 Å². The highest BCUT2D eigenvalue weighted by molar-refractivity contribution is 7.09. The van der Waals surface area contributed by atoms with E-state index in [4.69, 9.17) is 0 Å². The average Bonchev–Trinajstić information content (AvgIpc) is 3.07. The van der Waals surface area contributed by atoms with Crippen molar-refractivity contribution in [3.63, 3.8) is 0 Å². The first-order chi connectivity index (χ1) is 12.2. The van der Waals surface area contributed by atoms with E-state index in [-0.39, 0.29) is 11.8 Å². The van der Waals surface area contributed by atoms with Crippen molar-refractivity contribution in [2.45, 2.75) is 58.8 Å². The molecule has 0 radical (unpaired) electrons. The van der Waals surface area contributed by atoms with Crippen LogP contribution >= 0.6 is 11.3 Å². The monoisotopic (exact) mass is 356 g/mol. The van der Waals surface area contributed by atoms with E-state index in [9.17, 15) is 4.79 Å². The van der Waals surface area contributed by atoms with Gasteiger partial charge in [-0.05, 0) is 50.7 Å². The number of amides is 1. The maximum Gasteiger partial charge on any atom is 0.227 e. The minimum absolute atomic E-state index is 0.179. The molecule has 2 aromatic rings. The lowest BCUT2D eigenvalue weighted by atomic mass is 9.79. The second-order valence-corrected chi connectivity index (χ2v) is 8.24. The summed E-state index contributed by atoms with van der Waals surface area (Å²) in [7, 11) is 0. The van der Waals surface area contributed by atoms with Gasteiger partial charge in [-0.1, -0.05) is 38.3 Å². The number of aryl methyl sites for hydroxylation is 1. The number of thiazole rings is 1. The molecular formula is C21H28N2OS. The number of hydrogen-bond donors (Lipinski definition) is 1. The largest absolute Gasteiger partial charge is 0.326 e. The molecule has 1 aromatic heterocycles. The Morgan fingerprint density at radius 3 is 2.52 bits per heavy atom. The lowest BCUT2D eigenvalue weighted by Crippen LogP contribution is -2.27. The van der Waals surface area contributed by atoms with Gasteiger partial charge in [0.05, 0.1) is 10.7 Å². The first kappa shape index (κ1) is 18.1. The number of unbranched alkanes of at least 4 members (excludes halogenated alkanes) is 1. The van der Waals surface area contributed by atoms with Crippen LogP contribution in [0.3, 0.4) is 0 Å². The quantitative estimate of drug-likeness (QED) is 0.684. The van der Waals surface area contributed by atoms with Gasteiger partial charge in [-0.3, -0.25) is 4.79 Å². The van der Waals surface area contributed by atoms with E-state index >= 15 is 0 Å². The van der Waals surface area contributed by atoms with Crippen molar-refractivity contribution in [3.05, 3.63) is 34.7 Å². The summed E-state index contributed by atoms with van der Waals surface area (Å²) < 4.78 is 0. The first-order valence-electron chi connectivity index (χ1n) is 9.49. The molecule has 0 saturated heterocycles. The maximum atomic E-state index is 12.5. The van der Waals surface area contributed by atoms with Crippen molar-refractivity contribution in [1.29, 1.82) is 0 Å². The van der Waals surface area contributed by atoms with Crippen molar-refractivity contribution in [3.8, 4) is 11.3 Å². The molecule has 1 aromatic carbocycles. The van der Waals surface area contributed by atoms with Crippen LogP contribution in [0.4, 0.5) is 5.69 Å². The van der Waals surface area contributed by atoms with Crippen LogP contribution in [0.25, 0.3) is 11.3 Å². The molecule has 134 valence electrons. The molecule has 1 heterocycles. The van der Waals surface area contributed by atoms with Gasteiger partial charge in [0.15, 0.2) is 0 Å². The van der Waals surface area contributed by atoms with Gasteiger partial charge in [0.25, 0.3) is 0 Å². The summed E-state index contributed by atoms with van der Waals surface area (Å²) in [5.41, 5.74) is 2.98. The third-order valence-corrected chi connectivity index (χ3v) is 6.02. The molecule has 3 nitrogen and oxygen atoms in total. The van der Waals surface area contributed by atoms with Crippen LogP contribution in [-0.2, 0) is 4.79 Å².